The van der Waals surface area contributed by atoms with E-state index in [1.54, 1.807) is 23.9 Å². The Balaban J connectivity index is 0.00000289. The lowest BCUT2D eigenvalue weighted by molar-refractivity contribution is -0.667. The third-order valence-corrected chi connectivity index (χ3v) is 5.05. The second kappa shape index (κ2) is 9.22. The van der Waals surface area contributed by atoms with Gasteiger partial charge in [0, 0.05) is 12.3 Å². The minimum atomic E-state index is -0.489. The lowest BCUT2D eigenvalue weighted by Gasteiger charge is -2.07. The number of anilines is 1. The van der Waals surface area contributed by atoms with Crippen LogP contribution in [0.1, 0.15) is 23.2 Å². The van der Waals surface area contributed by atoms with Crippen molar-refractivity contribution < 1.29 is 35.9 Å². The molecule has 1 aromatic carbocycles. The number of primary amides is 1. The van der Waals surface area contributed by atoms with Gasteiger partial charge in [0.05, 0.1) is 13.7 Å². The van der Waals surface area contributed by atoms with Gasteiger partial charge in [-0.05, 0) is 25.1 Å². The second-order valence-corrected chi connectivity index (χ2v) is 6.92. The van der Waals surface area contributed by atoms with Crippen LogP contribution in [0.25, 0.3) is 22.2 Å². The lowest BCUT2D eigenvalue weighted by atomic mass is 10.3. The fraction of sp³-hybridized carbons (Fsp3) is 0.250. The van der Waals surface area contributed by atoms with Crippen molar-refractivity contribution in [3.05, 3.63) is 42.0 Å². The van der Waals surface area contributed by atoms with Crippen LogP contribution in [-0.4, -0.2) is 38.4 Å². The molecule has 4 aromatic rings. The lowest BCUT2D eigenvalue weighted by Crippen LogP contribution is -3.00. The van der Waals surface area contributed by atoms with E-state index < -0.39 is 11.8 Å². The second-order valence-electron chi connectivity index (χ2n) is 6.92. The van der Waals surface area contributed by atoms with Gasteiger partial charge in [0.1, 0.15) is 17.8 Å². The van der Waals surface area contributed by atoms with Crippen LogP contribution >= 0.6 is 0 Å². The molecule has 12 heteroatoms. The van der Waals surface area contributed by atoms with E-state index in [-0.39, 0.29) is 41.6 Å². The van der Waals surface area contributed by atoms with Gasteiger partial charge in [-0.2, -0.15) is 0 Å². The molecule has 0 spiro atoms. The number of nitrogens with one attached hydrogen (secondary N) is 2. The van der Waals surface area contributed by atoms with E-state index >= 15 is 0 Å². The molecule has 0 saturated carbocycles. The van der Waals surface area contributed by atoms with Crippen LogP contribution in [0, 0.1) is 0 Å². The Hall–Kier alpha value is -3.67. The number of ether oxygens (including phenoxy) is 1. The third-order valence-electron chi connectivity index (χ3n) is 5.05. The summed E-state index contributed by atoms with van der Waals surface area (Å²) in [6.45, 7) is 2.68. The van der Waals surface area contributed by atoms with Gasteiger partial charge in [-0.15, -0.1) is 0 Å². The maximum atomic E-state index is 12.8. The molecular weight excluding hydrogens is 480 g/mol. The van der Waals surface area contributed by atoms with Gasteiger partial charge in [0.15, 0.2) is 34.7 Å². The van der Waals surface area contributed by atoms with E-state index in [2.05, 4.69) is 20.3 Å². The Morgan fingerprint density at radius 3 is 2.75 bits per heavy atom. The summed E-state index contributed by atoms with van der Waals surface area (Å²) in [6, 6.07) is 7.26. The average Bonchev–Trinajstić information content (AvgIpc) is 3.32. The van der Waals surface area contributed by atoms with E-state index in [4.69, 9.17) is 16.2 Å². The zero-order chi connectivity index (χ0) is 22.1. The normalized spacial score (nSPS) is 10.8. The Morgan fingerprint density at radius 1 is 1.28 bits per heavy atom. The molecular formula is C20H23BrN8O3. The number of carbonyl (C=O) groups excluding carboxylic acids is 2. The average molecular weight is 503 g/mol. The molecule has 0 fully saturated rings. The van der Waals surface area contributed by atoms with Crippen LogP contribution in [0.15, 0.2) is 30.5 Å². The van der Waals surface area contributed by atoms with E-state index in [0.717, 1.165) is 11.0 Å². The summed E-state index contributed by atoms with van der Waals surface area (Å²) in [5.74, 6) is 0.454. The number of fused-ring (bicyclic) bond motifs is 2. The van der Waals surface area contributed by atoms with Crippen molar-refractivity contribution in [2.75, 3.05) is 12.8 Å². The molecule has 0 unspecified atom stereocenters. The van der Waals surface area contributed by atoms with E-state index in [9.17, 15) is 9.59 Å². The number of imidazole rings is 1. The highest BCUT2D eigenvalue weighted by Crippen LogP contribution is 2.21. The number of aryl methyl sites for hydroxylation is 1. The highest BCUT2D eigenvalue weighted by molar-refractivity contribution is 5.98. The van der Waals surface area contributed by atoms with Crippen molar-refractivity contribution in [2.24, 2.45) is 5.73 Å². The zero-order valence-corrected chi connectivity index (χ0v) is 19.1. The van der Waals surface area contributed by atoms with Crippen molar-refractivity contribution >= 4 is 39.8 Å². The molecule has 4 rings (SSSR count). The molecule has 3 heterocycles. The number of nitrogens with two attached hydrogens (primary N) is 2. The number of hydrogen-bond donors (Lipinski definition) is 4. The van der Waals surface area contributed by atoms with Crippen molar-refractivity contribution in [2.45, 2.75) is 26.6 Å². The highest BCUT2D eigenvalue weighted by atomic mass is 79.9. The number of H-pyrrole nitrogens is 1. The van der Waals surface area contributed by atoms with Crippen LogP contribution in [0.4, 0.5) is 5.82 Å². The van der Waals surface area contributed by atoms with Gasteiger partial charge in [-0.3, -0.25) is 9.59 Å². The summed E-state index contributed by atoms with van der Waals surface area (Å²) in [5.41, 5.74) is 14.2. The van der Waals surface area contributed by atoms with Gasteiger partial charge >= 0.3 is 0 Å². The number of halogens is 1. The van der Waals surface area contributed by atoms with Crippen molar-refractivity contribution in [1.29, 1.82) is 0 Å². The monoisotopic (exact) mass is 502 g/mol. The standard InChI is InChI=1S/C20H22N8O3.BrH/c1-3-27-14-8-11(31-2)4-5-13(14)28(10-15(21)29)16(27)9-24-20(30)17-18(22)26-19-12(25-17)6-7-23-19;/h4-8H,3,9-10H2,1-2H3,(H5-,21,22,23,24,25,26,29,30);1H. The molecule has 0 aliphatic rings. The molecule has 0 bridgehead atoms. The van der Waals surface area contributed by atoms with Crippen LogP contribution in [-0.2, 0) is 24.4 Å². The Morgan fingerprint density at radius 2 is 2.06 bits per heavy atom. The number of amides is 2. The summed E-state index contributed by atoms with van der Waals surface area (Å²) in [4.78, 5) is 35.9. The predicted octanol–water partition coefficient (Wildman–Crippen LogP) is -2.77. The number of methoxy groups -OCH3 is 1. The molecule has 0 aliphatic carbocycles. The number of nitrogens with zero attached hydrogens (tertiary/aromatic N) is 4. The number of carbonyl (C=O) groups is 2. The molecule has 3 aromatic heterocycles. The summed E-state index contributed by atoms with van der Waals surface area (Å²) < 4.78 is 9.11. The van der Waals surface area contributed by atoms with Crippen LogP contribution < -0.4 is 43.1 Å². The van der Waals surface area contributed by atoms with Gasteiger partial charge < -0.3 is 43.5 Å². The van der Waals surface area contributed by atoms with E-state index in [1.165, 1.54) is 0 Å². The first-order valence-electron chi connectivity index (χ1n) is 9.69. The molecule has 168 valence electrons. The van der Waals surface area contributed by atoms with Gasteiger partial charge in [0.25, 0.3) is 17.6 Å². The molecule has 2 amide bonds. The summed E-state index contributed by atoms with van der Waals surface area (Å²) >= 11 is 0. The van der Waals surface area contributed by atoms with Gasteiger partial charge in [0.2, 0.25) is 0 Å². The van der Waals surface area contributed by atoms with Crippen LogP contribution in [0.5, 0.6) is 5.75 Å². The number of rotatable bonds is 7. The fourth-order valence-electron chi connectivity index (χ4n) is 3.67. The molecule has 0 atom stereocenters. The summed E-state index contributed by atoms with van der Waals surface area (Å²) in [5, 5.41) is 2.83. The number of aromatic amines is 1. The van der Waals surface area contributed by atoms with Gasteiger partial charge in [-0.1, -0.05) is 0 Å². The Bertz CT molecular complexity index is 1310. The first-order chi connectivity index (χ1) is 14.9. The quantitative estimate of drug-likeness (QED) is 0.200. The highest BCUT2D eigenvalue weighted by Gasteiger charge is 2.27. The van der Waals surface area contributed by atoms with E-state index in [1.807, 2.05) is 29.7 Å². The maximum Gasteiger partial charge on any atom is 0.277 e. The molecule has 0 saturated heterocycles. The smallest absolute Gasteiger partial charge is 0.277 e. The number of nitrogen functional groups attached to an aromatic ring is 1. The molecule has 6 N–H and O–H groups in total. The number of aromatic nitrogens is 5. The Labute approximate surface area is 193 Å². The van der Waals surface area contributed by atoms with Crippen LogP contribution in [0.3, 0.4) is 0 Å². The van der Waals surface area contributed by atoms with E-state index in [0.29, 0.717) is 29.3 Å². The van der Waals surface area contributed by atoms with Crippen LogP contribution in [0.2, 0.25) is 0 Å². The minimum Gasteiger partial charge on any atom is -1.00 e. The predicted molar refractivity (Wildman–Crippen MR) is 113 cm³/mol. The SMILES string of the molecule is CCn1c(CNC(=O)c2nc3cc[nH]c3nc2N)[n+](CC(N)=O)c2ccc(OC)cc21.[Br-]. The van der Waals surface area contributed by atoms with Crippen molar-refractivity contribution in [3.63, 3.8) is 0 Å². The number of benzene rings is 1. The number of hydrogen-bond acceptors (Lipinski definition) is 6. The topological polar surface area (TPSA) is 158 Å². The molecule has 0 radical (unpaired) electrons. The molecule has 11 nitrogen and oxygen atoms in total. The minimum absolute atomic E-state index is 0. The zero-order valence-electron chi connectivity index (χ0n) is 17.6. The maximum absolute atomic E-state index is 12.8. The first kappa shape index (κ1) is 23.0. The first-order valence-corrected chi connectivity index (χ1v) is 9.69. The summed E-state index contributed by atoms with van der Waals surface area (Å²) in [7, 11) is 1.59. The van der Waals surface area contributed by atoms with Gasteiger partial charge in [-0.25, -0.2) is 19.1 Å². The Kier molecular flexibility index (Phi) is 6.63. The largest absolute Gasteiger partial charge is 1.00 e. The van der Waals surface area contributed by atoms with Crippen molar-refractivity contribution in [1.82, 2.24) is 24.8 Å². The summed E-state index contributed by atoms with van der Waals surface area (Å²) in [6.07, 6.45) is 1.67. The third kappa shape index (κ3) is 4.08. The fourth-order valence-corrected chi connectivity index (χ4v) is 3.67. The van der Waals surface area contributed by atoms with Crippen molar-refractivity contribution in [3.8, 4) is 5.75 Å². The molecule has 0 aliphatic heterocycles. The molecule has 32 heavy (non-hydrogen) atoms.